The van der Waals surface area contributed by atoms with Crippen molar-refractivity contribution in [2.24, 2.45) is 5.92 Å². The first-order valence-corrected chi connectivity index (χ1v) is 12.0. The van der Waals surface area contributed by atoms with Crippen LogP contribution in [0, 0.1) is 5.92 Å². The number of ether oxygens (including phenoxy) is 1. The highest BCUT2D eigenvalue weighted by molar-refractivity contribution is 7.18. The van der Waals surface area contributed by atoms with Gasteiger partial charge < -0.3 is 9.64 Å². The number of thiophene rings is 1. The zero-order valence-corrected chi connectivity index (χ0v) is 18.8. The summed E-state index contributed by atoms with van der Waals surface area (Å²) in [5.41, 5.74) is 0.344. The molecule has 1 aliphatic carbocycles. The largest absolute Gasteiger partial charge is 0.465 e. The van der Waals surface area contributed by atoms with E-state index in [-0.39, 0.29) is 18.7 Å². The quantitative estimate of drug-likeness (QED) is 0.654. The Morgan fingerprint density at radius 3 is 2.63 bits per heavy atom. The molecule has 0 unspecified atom stereocenters. The summed E-state index contributed by atoms with van der Waals surface area (Å²) in [5.74, 6) is -0.0296. The van der Waals surface area contributed by atoms with Gasteiger partial charge in [0.05, 0.1) is 12.0 Å². The van der Waals surface area contributed by atoms with E-state index in [2.05, 4.69) is 11.8 Å². The minimum absolute atomic E-state index is 0.227. The summed E-state index contributed by atoms with van der Waals surface area (Å²) in [5, 5.41) is 0.643. The van der Waals surface area contributed by atoms with Gasteiger partial charge in [-0.2, -0.15) is 0 Å². The Morgan fingerprint density at radius 2 is 1.90 bits per heavy atom. The normalized spacial score (nSPS) is 19.7. The molecule has 0 N–H and O–H groups in total. The zero-order chi connectivity index (χ0) is 21.3. The van der Waals surface area contributed by atoms with Gasteiger partial charge in [-0.3, -0.25) is 14.2 Å². The summed E-state index contributed by atoms with van der Waals surface area (Å²) in [6.07, 6.45) is 6.56. The SMILES string of the molecule is CCOC(=O)Cn1c(=O)c2c3c(sc2n(CCN2CCCCC2)c1=O)CC[C@@H](C)C3. The number of piperidine rings is 1. The van der Waals surface area contributed by atoms with Crippen LogP contribution < -0.4 is 11.2 Å². The molecular weight excluding hydrogens is 402 g/mol. The molecule has 1 atom stereocenters. The summed E-state index contributed by atoms with van der Waals surface area (Å²) in [6, 6.07) is 0. The number of carbonyl (C=O) groups excluding carboxylic acids is 1. The maximum Gasteiger partial charge on any atom is 0.332 e. The lowest BCUT2D eigenvalue weighted by Gasteiger charge is -2.26. The Bertz CT molecular complexity index is 1050. The summed E-state index contributed by atoms with van der Waals surface area (Å²) < 4.78 is 7.84. The summed E-state index contributed by atoms with van der Waals surface area (Å²) in [6.45, 7) is 7.25. The first-order valence-electron chi connectivity index (χ1n) is 11.2. The molecule has 30 heavy (non-hydrogen) atoms. The fraction of sp³-hybridized carbons (Fsp3) is 0.682. The van der Waals surface area contributed by atoms with Crippen LogP contribution >= 0.6 is 11.3 Å². The van der Waals surface area contributed by atoms with Crippen molar-refractivity contribution < 1.29 is 9.53 Å². The molecule has 0 bridgehead atoms. The van der Waals surface area contributed by atoms with Gasteiger partial charge in [-0.1, -0.05) is 13.3 Å². The van der Waals surface area contributed by atoms with Gasteiger partial charge in [0, 0.05) is 18.0 Å². The topological polar surface area (TPSA) is 73.5 Å². The van der Waals surface area contributed by atoms with Crippen molar-refractivity contribution >= 4 is 27.5 Å². The Labute approximate surface area is 180 Å². The van der Waals surface area contributed by atoms with Crippen LogP contribution in [-0.4, -0.2) is 46.2 Å². The van der Waals surface area contributed by atoms with E-state index in [1.54, 1.807) is 22.8 Å². The monoisotopic (exact) mass is 433 g/mol. The van der Waals surface area contributed by atoms with Crippen molar-refractivity contribution in [3.05, 3.63) is 31.3 Å². The van der Waals surface area contributed by atoms with Gasteiger partial charge in [-0.15, -0.1) is 11.3 Å². The van der Waals surface area contributed by atoms with Crippen LogP contribution in [0.4, 0.5) is 0 Å². The molecule has 0 spiro atoms. The smallest absolute Gasteiger partial charge is 0.332 e. The number of aromatic nitrogens is 2. The second-order valence-electron chi connectivity index (χ2n) is 8.56. The lowest BCUT2D eigenvalue weighted by molar-refractivity contribution is -0.143. The van der Waals surface area contributed by atoms with Crippen LogP contribution in [0.3, 0.4) is 0 Å². The van der Waals surface area contributed by atoms with Gasteiger partial charge in [-0.05, 0) is 63.6 Å². The highest BCUT2D eigenvalue weighted by atomic mass is 32.1. The first-order chi connectivity index (χ1) is 14.5. The predicted molar refractivity (Wildman–Crippen MR) is 118 cm³/mol. The Hall–Kier alpha value is -1.93. The van der Waals surface area contributed by atoms with Crippen molar-refractivity contribution in [1.29, 1.82) is 0 Å². The lowest BCUT2D eigenvalue weighted by atomic mass is 9.89. The Kier molecular flexibility index (Phi) is 6.43. The maximum atomic E-state index is 13.3. The minimum atomic E-state index is -0.545. The molecule has 4 rings (SSSR count). The zero-order valence-electron chi connectivity index (χ0n) is 17.9. The third-order valence-corrected chi connectivity index (χ3v) is 7.65. The summed E-state index contributed by atoms with van der Waals surface area (Å²) in [7, 11) is 0. The average molecular weight is 434 g/mol. The van der Waals surface area contributed by atoms with E-state index in [9.17, 15) is 14.4 Å². The van der Waals surface area contributed by atoms with Crippen molar-refractivity contribution in [2.75, 3.05) is 26.2 Å². The number of aryl methyl sites for hydroxylation is 1. The number of esters is 1. The molecule has 2 aromatic heterocycles. The number of hydrogen-bond acceptors (Lipinski definition) is 6. The van der Waals surface area contributed by atoms with Crippen LogP contribution in [0.25, 0.3) is 10.2 Å². The maximum absolute atomic E-state index is 13.3. The average Bonchev–Trinajstić information content (AvgIpc) is 3.10. The number of likely N-dealkylation sites (tertiary alicyclic amines) is 1. The summed E-state index contributed by atoms with van der Waals surface area (Å²) >= 11 is 1.60. The van der Waals surface area contributed by atoms with E-state index in [0.717, 1.165) is 53.9 Å². The van der Waals surface area contributed by atoms with Gasteiger partial charge in [-0.25, -0.2) is 9.36 Å². The molecule has 2 aromatic rings. The number of fused-ring (bicyclic) bond motifs is 3. The molecule has 1 aliphatic heterocycles. The van der Waals surface area contributed by atoms with Crippen LogP contribution in [0.15, 0.2) is 9.59 Å². The fourth-order valence-electron chi connectivity index (χ4n) is 4.71. The minimum Gasteiger partial charge on any atom is -0.465 e. The molecule has 0 radical (unpaired) electrons. The second-order valence-corrected chi connectivity index (χ2v) is 9.65. The lowest BCUT2D eigenvalue weighted by Crippen LogP contribution is -2.43. The third kappa shape index (κ3) is 4.12. The van der Waals surface area contributed by atoms with Crippen LogP contribution in [0.1, 0.15) is 50.0 Å². The molecule has 1 fully saturated rings. The van der Waals surface area contributed by atoms with Crippen LogP contribution in [0.2, 0.25) is 0 Å². The number of carbonyl (C=O) groups is 1. The van der Waals surface area contributed by atoms with Gasteiger partial charge in [0.2, 0.25) is 0 Å². The standard InChI is InChI=1S/C22H31N3O4S/c1-3-29-18(26)14-25-20(27)19-16-13-15(2)7-8-17(16)30-21(19)24(22(25)28)12-11-23-9-5-4-6-10-23/h15H,3-14H2,1-2H3/t15-/m1/s1. The van der Waals surface area contributed by atoms with Crippen molar-refractivity contribution in [1.82, 2.24) is 14.0 Å². The third-order valence-electron chi connectivity index (χ3n) is 6.34. The van der Waals surface area contributed by atoms with E-state index in [1.807, 2.05) is 0 Å². The van der Waals surface area contributed by atoms with Crippen LogP contribution in [-0.2, 0) is 35.5 Å². The van der Waals surface area contributed by atoms with E-state index in [4.69, 9.17) is 4.74 Å². The molecule has 7 nitrogen and oxygen atoms in total. The van der Waals surface area contributed by atoms with Crippen molar-refractivity contribution in [3.8, 4) is 0 Å². The van der Waals surface area contributed by atoms with E-state index < -0.39 is 11.7 Å². The molecule has 2 aliphatic rings. The fourth-order valence-corrected chi connectivity index (χ4v) is 6.06. The molecule has 3 heterocycles. The Balaban J connectivity index is 1.80. The Morgan fingerprint density at radius 1 is 1.13 bits per heavy atom. The van der Waals surface area contributed by atoms with Gasteiger partial charge in [0.1, 0.15) is 11.4 Å². The highest BCUT2D eigenvalue weighted by Crippen LogP contribution is 2.36. The summed E-state index contributed by atoms with van der Waals surface area (Å²) in [4.78, 5) is 43.1. The molecule has 8 heteroatoms. The number of nitrogens with zero attached hydrogens (tertiary/aromatic N) is 3. The van der Waals surface area contributed by atoms with E-state index in [1.165, 1.54) is 24.1 Å². The molecular formula is C22H31N3O4S. The number of hydrogen-bond donors (Lipinski definition) is 0. The van der Waals surface area contributed by atoms with Gasteiger partial charge in [0.15, 0.2) is 0 Å². The second kappa shape index (κ2) is 9.06. The molecule has 0 aromatic carbocycles. The first kappa shape index (κ1) is 21.3. The van der Waals surface area contributed by atoms with E-state index in [0.29, 0.717) is 17.8 Å². The van der Waals surface area contributed by atoms with Crippen molar-refractivity contribution in [2.45, 2.75) is 65.5 Å². The molecule has 164 valence electrons. The highest BCUT2D eigenvalue weighted by Gasteiger charge is 2.26. The molecule has 0 amide bonds. The van der Waals surface area contributed by atoms with Crippen LogP contribution in [0.5, 0.6) is 0 Å². The van der Waals surface area contributed by atoms with Crippen molar-refractivity contribution in [3.63, 3.8) is 0 Å². The molecule has 1 saturated heterocycles. The van der Waals surface area contributed by atoms with Gasteiger partial charge >= 0.3 is 11.7 Å². The molecule has 0 saturated carbocycles. The predicted octanol–water partition coefficient (Wildman–Crippen LogP) is 2.40. The van der Waals surface area contributed by atoms with Gasteiger partial charge in [0.25, 0.3) is 5.56 Å². The van der Waals surface area contributed by atoms with E-state index >= 15 is 0 Å². The number of rotatable bonds is 6.